The fraction of sp³-hybridized carbons (Fsp3) is 0.889. The fourth-order valence-electron chi connectivity index (χ4n) is 2.37. The summed E-state index contributed by atoms with van der Waals surface area (Å²) in [6, 6.07) is 0.0914. The quantitative estimate of drug-likeness (QED) is 0.560. The number of hydrogen-bond acceptors (Lipinski definition) is 2. The molecule has 1 spiro atoms. The van der Waals surface area contributed by atoms with Crippen molar-refractivity contribution in [2.75, 3.05) is 13.1 Å². The minimum absolute atomic E-state index is 0.0914. The van der Waals surface area contributed by atoms with Crippen LogP contribution in [0.2, 0.25) is 0 Å². The van der Waals surface area contributed by atoms with Crippen LogP contribution in [0.5, 0.6) is 0 Å². The Hall–Kier alpha value is -0.770. The van der Waals surface area contributed by atoms with Crippen LogP contribution in [0.3, 0.4) is 0 Å². The predicted octanol–water partition coefficient (Wildman–Crippen LogP) is 0.642. The van der Waals surface area contributed by atoms with Gasteiger partial charge in [0.1, 0.15) is 0 Å². The first-order valence-corrected chi connectivity index (χ1v) is 4.84. The lowest BCUT2D eigenvalue weighted by Crippen LogP contribution is -2.54. The van der Waals surface area contributed by atoms with Crippen molar-refractivity contribution < 1.29 is 9.90 Å². The number of nitrogens with one attached hydrogen (secondary N) is 2. The molecule has 1 aliphatic carbocycles. The predicted molar refractivity (Wildman–Crippen MR) is 48.6 cm³/mol. The minimum Gasteiger partial charge on any atom is -0.465 e. The normalized spacial score (nSPS) is 35.8. The third-order valence-corrected chi connectivity index (χ3v) is 3.61. The Kier molecular flexibility index (Phi) is 1.95. The lowest BCUT2D eigenvalue weighted by molar-refractivity contribution is 0.158. The number of carbonyl (C=O) groups is 1. The molecular formula is C9H16N2O2. The Balaban J connectivity index is 1.99. The number of rotatable bonds is 1. The minimum atomic E-state index is -0.906. The maximum absolute atomic E-state index is 10.5. The molecule has 3 N–H and O–H groups in total. The van der Waals surface area contributed by atoms with E-state index in [4.69, 9.17) is 5.11 Å². The van der Waals surface area contributed by atoms with E-state index in [1.54, 1.807) is 0 Å². The molecule has 0 aromatic heterocycles. The summed E-state index contributed by atoms with van der Waals surface area (Å²) in [4.78, 5) is 10.5. The van der Waals surface area contributed by atoms with Crippen LogP contribution in [0.1, 0.15) is 19.8 Å². The SMILES string of the molecule is C[C@H]1C(NC(=O)O)CNCC12CC2. The van der Waals surface area contributed by atoms with Crippen LogP contribution in [-0.2, 0) is 0 Å². The van der Waals surface area contributed by atoms with Crippen LogP contribution in [0.25, 0.3) is 0 Å². The van der Waals surface area contributed by atoms with Crippen molar-refractivity contribution in [3.63, 3.8) is 0 Å². The van der Waals surface area contributed by atoms with E-state index in [2.05, 4.69) is 17.6 Å². The van der Waals surface area contributed by atoms with E-state index in [1.807, 2.05) is 0 Å². The molecule has 0 aromatic rings. The van der Waals surface area contributed by atoms with Gasteiger partial charge in [-0.3, -0.25) is 0 Å². The molecule has 0 bridgehead atoms. The molecule has 2 atom stereocenters. The highest BCUT2D eigenvalue weighted by molar-refractivity contribution is 5.65. The Bertz CT molecular complexity index is 226. The van der Waals surface area contributed by atoms with Gasteiger partial charge in [0.2, 0.25) is 0 Å². The molecule has 2 fully saturated rings. The van der Waals surface area contributed by atoms with Crippen LogP contribution < -0.4 is 10.6 Å². The van der Waals surface area contributed by atoms with Gasteiger partial charge in [-0.15, -0.1) is 0 Å². The number of hydrogen-bond donors (Lipinski definition) is 3. The van der Waals surface area contributed by atoms with Gasteiger partial charge in [0.05, 0.1) is 0 Å². The van der Waals surface area contributed by atoms with Crippen molar-refractivity contribution in [2.24, 2.45) is 11.3 Å². The van der Waals surface area contributed by atoms with Crippen molar-refractivity contribution in [3.05, 3.63) is 0 Å². The van der Waals surface area contributed by atoms with Gasteiger partial charge >= 0.3 is 6.09 Å². The second-order valence-electron chi connectivity index (χ2n) is 4.34. The third kappa shape index (κ3) is 1.50. The van der Waals surface area contributed by atoms with Crippen LogP contribution in [0.4, 0.5) is 4.79 Å². The Morgan fingerprint density at radius 2 is 2.31 bits per heavy atom. The highest BCUT2D eigenvalue weighted by Gasteiger charge is 2.51. The zero-order valence-corrected chi connectivity index (χ0v) is 7.84. The second-order valence-corrected chi connectivity index (χ2v) is 4.34. The molecule has 0 aromatic carbocycles. The van der Waals surface area contributed by atoms with Crippen molar-refractivity contribution in [3.8, 4) is 0 Å². The van der Waals surface area contributed by atoms with E-state index in [-0.39, 0.29) is 6.04 Å². The van der Waals surface area contributed by atoms with E-state index in [0.29, 0.717) is 11.3 Å². The molecule has 1 saturated carbocycles. The van der Waals surface area contributed by atoms with Gasteiger partial charge in [0.25, 0.3) is 0 Å². The van der Waals surface area contributed by atoms with Crippen molar-refractivity contribution in [1.29, 1.82) is 0 Å². The van der Waals surface area contributed by atoms with E-state index < -0.39 is 6.09 Å². The van der Waals surface area contributed by atoms with E-state index in [9.17, 15) is 4.79 Å². The van der Waals surface area contributed by atoms with Crippen LogP contribution in [0.15, 0.2) is 0 Å². The molecule has 4 nitrogen and oxygen atoms in total. The molecule has 0 radical (unpaired) electrons. The fourth-order valence-corrected chi connectivity index (χ4v) is 2.37. The third-order valence-electron chi connectivity index (χ3n) is 3.61. The molecular weight excluding hydrogens is 168 g/mol. The molecule has 1 heterocycles. The summed E-state index contributed by atoms with van der Waals surface area (Å²) < 4.78 is 0. The number of amides is 1. The van der Waals surface area contributed by atoms with Crippen LogP contribution >= 0.6 is 0 Å². The average Bonchev–Trinajstić information content (AvgIpc) is 2.80. The molecule has 2 rings (SSSR count). The number of piperidine rings is 1. The van der Waals surface area contributed by atoms with Gasteiger partial charge in [-0.05, 0) is 24.2 Å². The molecule has 1 saturated heterocycles. The maximum atomic E-state index is 10.5. The first kappa shape index (κ1) is 8.81. The summed E-state index contributed by atoms with van der Waals surface area (Å²) >= 11 is 0. The standard InChI is InChI=1S/C9H16N2O2/c1-6-7(11-8(12)13)4-10-5-9(6)2-3-9/h6-7,10-11H,2-5H2,1H3,(H,12,13)/t6-,7?/m0/s1. The molecule has 2 aliphatic rings. The zero-order chi connectivity index (χ0) is 9.47. The Morgan fingerprint density at radius 3 is 2.85 bits per heavy atom. The van der Waals surface area contributed by atoms with Crippen molar-refractivity contribution in [1.82, 2.24) is 10.6 Å². The van der Waals surface area contributed by atoms with Gasteiger partial charge in [-0.1, -0.05) is 6.92 Å². The lowest BCUT2D eigenvalue weighted by atomic mass is 9.81. The van der Waals surface area contributed by atoms with Gasteiger partial charge in [-0.25, -0.2) is 4.79 Å². The van der Waals surface area contributed by atoms with Crippen molar-refractivity contribution in [2.45, 2.75) is 25.8 Å². The summed E-state index contributed by atoms with van der Waals surface area (Å²) in [6.07, 6.45) is 1.59. The summed E-state index contributed by atoms with van der Waals surface area (Å²) in [5, 5.41) is 14.5. The lowest BCUT2D eigenvalue weighted by Gasteiger charge is -2.36. The molecule has 74 valence electrons. The zero-order valence-electron chi connectivity index (χ0n) is 7.84. The smallest absolute Gasteiger partial charge is 0.404 e. The number of carboxylic acid groups (broad SMARTS) is 1. The monoisotopic (exact) mass is 184 g/mol. The largest absolute Gasteiger partial charge is 0.465 e. The summed E-state index contributed by atoms with van der Waals surface area (Å²) in [6.45, 7) is 4.00. The van der Waals surface area contributed by atoms with Crippen LogP contribution in [-0.4, -0.2) is 30.3 Å². The second kappa shape index (κ2) is 2.87. The Labute approximate surface area is 77.7 Å². The summed E-state index contributed by atoms with van der Waals surface area (Å²) in [5.74, 6) is 0.477. The first-order valence-electron chi connectivity index (χ1n) is 4.84. The van der Waals surface area contributed by atoms with E-state index in [0.717, 1.165) is 13.1 Å². The first-order chi connectivity index (χ1) is 6.14. The van der Waals surface area contributed by atoms with Gasteiger partial charge in [-0.2, -0.15) is 0 Å². The van der Waals surface area contributed by atoms with E-state index in [1.165, 1.54) is 12.8 Å². The molecule has 1 amide bonds. The highest BCUT2D eigenvalue weighted by atomic mass is 16.4. The maximum Gasteiger partial charge on any atom is 0.404 e. The molecule has 13 heavy (non-hydrogen) atoms. The van der Waals surface area contributed by atoms with E-state index >= 15 is 0 Å². The van der Waals surface area contributed by atoms with Crippen molar-refractivity contribution >= 4 is 6.09 Å². The molecule has 4 heteroatoms. The average molecular weight is 184 g/mol. The topological polar surface area (TPSA) is 61.4 Å². The van der Waals surface area contributed by atoms with Gasteiger partial charge < -0.3 is 15.7 Å². The molecule has 1 aliphatic heterocycles. The highest BCUT2D eigenvalue weighted by Crippen LogP contribution is 2.53. The van der Waals surface area contributed by atoms with Crippen LogP contribution in [0, 0.1) is 11.3 Å². The summed E-state index contributed by atoms with van der Waals surface area (Å²) in [5.41, 5.74) is 0.408. The summed E-state index contributed by atoms with van der Waals surface area (Å²) in [7, 11) is 0. The van der Waals surface area contributed by atoms with Gasteiger partial charge in [0.15, 0.2) is 0 Å². The molecule has 1 unspecified atom stereocenters. The Morgan fingerprint density at radius 1 is 1.62 bits per heavy atom. The van der Waals surface area contributed by atoms with Gasteiger partial charge in [0, 0.05) is 19.1 Å².